The van der Waals surface area contributed by atoms with Gasteiger partial charge in [0.1, 0.15) is 0 Å². The second-order valence-corrected chi connectivity index (χ2v) is 13.4. The Morgan fingerprint density at radius 1 is 1.00 bits per heavy atom. The molecule has 0 aromatic carbocycles. The minimum Gasteiger partial charge on any atom is -0.481 e. The van der Waals surface area contributed by atoms with E-state index in [1.54, 1.807) is 0 Å². The highest BCUT2D eigenvalue weighted by atomic mass is 16.4. The third-order valence-corrected chi connectivity index (χ3v) is 12.0. The highest BCUT2D eigenvalue weighted by Gasteiger charge is 2.65. The molecule has 5 rings (SSSR count). The molecule has 0 aliphatic heterocycles. The van der Waals surface area contributed by atoms with E-state index < -0.39 is 17.0 Å². The van der Waals surface area contributed by atoms with E-state index in [1.165, 1.54) is 12.0 Å². The van der Waals surface area contributed by atoms with Crippen molar-refractivity contribution in [3.05, 3.63) is 11.6 Å². The molecule has 0 bridgehead atoms. The molecule has 0 aromatic heterocycles. The number of carbonyl (C=O) groups is 1. The van der Waals surface area contributed by atoms with Crippen molar-refractivity contribution in [3.8, 4) is 0 Å². The van der Waals surface area contributed by atoms with Crippen LogP contribution in [0.2, 0.25) is 0 Å². The lowest BCUT2D eigenvalue weighted by Crippen LogP contribution is -2.62. The number of carboxylic acid groups (broad SMARTS) is 1. The van der Waals surface area contributed by atoms with Crippen molar-refractivity contribution in [2.75, 3.05) is 0 Å². The minimum absolute atomic E-state index is 0.0462. The van der Waals surface area contributed by atoms with Gasteiger partial charge in [-0.3, -0.25) is 4.79 Å². The van der Waals surface area contributed by atoms with Crippen LogP contribution < -0.4 is 0 Å². The second-order valence-electron chi connectivity index (χ2n) is 13.4. The van der Waals surface area contributed by atoms with Gasteiger partial charge in [-0.25, -0.2) is 0 Å². The van der Waals surface area contributed by atoms with Crippen LogP contribution in [0.15, 0.2) is 11.6 Å². The van der Waals surface area contributed by atoms with Crippen molar-refractivity contribution >= 4 is 5.97 Å². The molecule has 10 atom stereocenters. The van der Waals surface area contributed by atoms with Crippen molar-refractivity contribution in [3.63, 3.8) is 0 Å². The molecule has 0 saturated heterocycles. The van der Waals surface area contributed by atoms with Crippen LogP contribution >= 0.6 is 0 Å². The quantitative estimate of drug-likeness (QED) is 0.472. The van der Waals surface area contributed by atoms with Gasteiger partial charge >= 0.3 is 5.97 Å². The number of hydrogen-bond donors (Lipinski definition) is 3. The van der Waals surface area contributed by atoms with E-state index in [0.29, 0.717) is 36.5 Å². The fraction of sp³-hybridized carbons (Fsp3) is 0.893. The number of hydrogen-bond acceptors (Lipinski definition) is 3. The SMILES string of the molecule is CC1CCC2(C(=O)O)CCC3C(=CCC4C3CCC3C(C)(C)C(O)CCC43C)C2C1(C)O. The van der Waals surface area contributed by atoms with Crippen LogP contribution in [0.3, 0.4) is 0 Å². The number of fused-ring (bicyclic) bond motifs is 7. The molecule has 0 aromatic rings. The summed E-state index contributed by atoms with van der Waals surface area (Å²) < 4.78 is 0. The fourth-order valence-corrected chi connectivity index (χ4v) is 10.0. The Bertz CT molecular complexity index is 827. The minimum atomic E-state index is -0.966. The van der Waals surface area contributed by atoms with Crippen molar-refractivity contribution in [1.82, 2.24) is 0 Å². The van der Waals surface area contributed by atoms with Crippen LogP contribution in [-0.4, -0.2) is 33.0 Å². The van der Waals surface area contributed by atoms with Crippen LogP contribution in [0, 0.1) is 51.8 Å². The summed E-state index contributed by atoms with van der Waals surface area (Å²) in [6.45, 7) is 11.0. The van der Waals surface area contributed by atoms with Crippen LogP contribution in [0.4, 0.5) is 0 Å². The van der Waals surface area contributed by atoms with Gasteiger partial charge in [0.15, 0.2) is 0 Å². The van der Waals surface area contributed by atoms with Crippen LogP contribution in [0.1, 0.15) is 92.4 Å². The molecule has 32 heavy (non-hydrogen) atoms. The molecule has 0 spiro atoms. The van der Waals surface area contributed by atoms with E-state index >= 15 is 0 Å². The number of aliphatic hydroxyl groups excluding tert-OH is 1. The van der Waals surface area contributed by atoms with Crippen molar-refractivity contribution < 1.29 is 20.1 Å². The van der Waals surface area contributed by atoms with Crippen molar-refractivity contribution in [2.24, 2.45) is 51.8 Å². The first-order valence-electron chi connectivity index (χ1n) is 13.2. The molecule has 5 aliphatic rings. The Morgan fingerprint density at radius 2 is 1.69 bits per heavy atom. The monoisotopic (exact) mass is 444 g/mol. The first kappa shape index (κ1) is 22.9. The van der Waals surface area contributed by atoms with E-state index in [9.17, 15) is 20.1 Å². The van der Waals surface area contributed by atoms with E-state index in [2.05, 4.69) is 33.8 Å². The average molecular weight is 445 g/mol. The molecule has 10 unspecified atom stereocenters. The lowest BCUT2D eigenvalue weighted by atomic mass is 9.40. The maximum Gasteiger partial charge on any atom is 0.310 e. The van der Waals surface area contributed by atoms with Gasteiger partial charge in [-0.15, -0.1) is 0 Å². The Morgan fingerprint density at radius 3 is 2.38 bits per heavy atom. The molecule has 0 amide bonds. The second kappa shape index (κ2) is 7.07. The predicted molar refractivity (Wildman–Crippen MR) is 125 cm³/mol. The molecular formula is C28H44O4. The van der Waals surface area contributed by atoms with E-state index in [0.717, 1.165) is 38.5 Å². The smallest absolute Gasteiger partial charge is 0.310 e. The summed E-state index contributed by atoms with van der Waals surface area (Å²) in [5.74, 6) is 1.30. The van der Waals surface area contributed by atoms with Gasteiger partial charge in [-0.2, -0.15) is 0 Å². The van der Waals surface area contributed by atoms with Crippen LogP contribution in [-0.2, 0) is 4.79 Å². The number of rotatable bonds is 1. The summed E-state index contributed by atoms with van der Waals surface area (Å²) in [5.41, 5.74) is -0.296. The van der Waals surface area contributed by atoms with Gasteiger partial charge in [0.2, 0.25) is 0 Å². The van der Waals surface area contributed by atoms with Gasteiger partial charge in [-0.1, -0.05) is 39.3 Å². The van der Waals surface area contributed by atoms with Gasteiger partial charge in [-0.05, 0) is 105 Å². The van der Waals surface area contributed by atoms with Crippen molar-refractivity contribution in [1.29, 1.82) is 0 Å². The summed E-state index contributed by atoms with van der Waals surface area (Å²) in [6.07, 6.45) is 10.6. The molecule has 4 saturated carbocycles. The number of allylic oxidation sites excluding steroid dienone is 1. The Labute approximate surface area is 193 Å². The normalized spacial score (nSPS) is 54.3. The number of aliphatic carboxylic acids is 1. The van der Waals surface area contributed by atoms with Crippen LogP contribution in [0.25, 0.3) is 0 Å². The Balaban J connectivity index is 1.54. The average Bonchev–Trinajstić information content (AvgIpc) is 2.73. The topological polar surface area (TPSA) is 77.8 Å². The van der Waals surface area contributed by atoms with E-state index in [-0.39, 0.29) is 28.8 Å². The van der Waals surface area contributed by atoms with E-state index in [4.69, 9.17) is 0 Å². The predicted octanol–water partition coefficient (Wildman–Crippen LogP) is 5.42. The summed E-state index contributed by atoms with van der Waals surface area (Å²) >= 11 is 0. The molecular weight excluding hydrogens is 400 g/mol. The molecule has 0 radical (unpaired) electrons. The van der Waals surface area contributed by atoms with Crippen LogP contribution in [0.5, 0.6) is 0 Å². The lowest BCUT2D eigenvalue weighted by molar-refractivity contribution is -0.187. The Hall–Kier alpha value is -0.870. The molecule has 4 fully saturated rings. The Kier molecular flexibility index (Phi) is 5.06. The van der Waals surface area contributed by atoms with Crippen molar-refractivity contribution in [2.45, 2.75) is 104 Å². The number of carboxylic acids is 1. The van der Waals surface area contributed by atoms with Gasteiger partial charge in [0, 0.05) is 5.92 Å². The standard InChI is InChI=1S/C28H44O4/c1-16-10-14-28(24(30)31)15-11-17-18-7-9-21-25(2,3)22(29)12-13-26(21,4)20(18)8-6-19(17)23(28)27(16,5)32/h6,16-18,20-23,29,32H,7-15H2,1-5H3,(H,30,31). The molecule has 4 nitrogen and oxygen atoms in total. The molecule has 0 heterocycles. The maximum atomic E-state index is 12.6. The zero-order valence-electron chi connectivity index (χ0n) is 20.7. The summed E-state index contributed by atoms with van der Waals surface area (Å²) in [6, 6.07) is 0. The molecule has 4 heteroatoms. The first-order valence-corrected chi connectivity index (χ1v) is 13.2. The van der Waals surface area contributed by atoms with Gasteiger partial charge in [0.05, 0.1) is 17.1 Å². The zero-order chi connectivity index (χ0) is 23.3. The lowest BCUT2D eigenvalue weighted by Gasteiger charge is -2.65. The third-order valence-electron chi connectivity index (χ3n) is 12.0. The molecule has 180 valence electrons. The first-order chi connectivity index (χ1) is 14.9. The summed E-state index contributed by atoms with van der Waals surface area (Å²) in [7, 11) is 0. The summed E-state index contributed by atoms with van der Waals surface area (Å²) in [5, 5.41) is 32.8. The highest BCUT2D eigenvalue weighted by Crippen LogP contribution is 2.68. The van der Waals surface area contributed by atoms with E-state index in [1.807, 2.05) is 6.92 Å². The molecule has 5 aliphatic carbocycles. The van der Waals surface area contributed by atoms with Gasteiger partial charge < -0.3 is 15.3 Å². The third kappa shape index (κ3) is 2.78. The molecule has 3 N–H and O–H groups in total. The summed E-state index contributed by atoms with van der Waals surface area (Å²) in [4.78, 5) is 12.6. The van der Waals surface area contributed by atoms with Gasteiger partial charge in [0.25, 0.3) is 0 Å². The maximum absolute atomic E-state index is 12.6. The largest absolute Gasteiger partial charge is 0.481 e. The zero-order valence-corrected chi connectivity index (χ0v) is 20.7. The fourth-order valence-electron chi connectivity index (χ4n) is 10.0. The number of aliphatic hydroxyl groups is 2. The highest BCUT2D eigenvalue weighted by molar-refractivity contribution is 5.77.